The molecule has 0 bridgehead atoms. The second kappa shape index (κ2) is 6.00. The van der Waals surface area contributed by atoms with Crippen molar-refractivity contribution in [1.29, 1.82) is 5.26 Å². The molecule has 0 amide bonds. The molecule has 0 aromatic rings. The first-order valence-electron chi connectivity index (χ1n) is 5.64. The molecule has 14 heavy (non-hydrogen) atoms. The molecule has 3 nitrogen and oxygen atoms in total. The fraction of sp³-hybridized carbons (Fsp3) is 0.909. The second-order valence-electron chi connectivity index (χ2n) is 4.17. The van der Waals surface area contributed by atoms with Crippen LogP contribution in [0.15, 0.2) is 0 Å². The third-order valence-electron chi connectivity index (χ3n) is 2.78. The van der Waals surface area contributed by atoms with Crippen molar-refractivity contribution in [3.05, 3.63) is 0 Å². The number of nitriles is 1. The van der Waals surface area contributed by atoms with Gasteiger partial charge in [0.2, 0.25) is 0 Å². The van der Waals surface area contributed by atoms with Crippen molar-refractivity contribution in [2.75, 3.05) is 19.6 Å². The van der Waals surface area contributed by atoms with E-state index in [-0.39, 0.29) is 6.04 Å². The summed E-state index contributed by atoms with van der Waals surface area (Å²) in [6.45, 7) is 7.75. The Morgan fingerprint density at radius 2 is 2.07 bits per heavy atom. The van der Waals surface area contributed by atoms with Gasteiger partial charge in [-0.15, -0.1) is 0 Å². The van der Waals surface area contributed by atoms with Gasteiger partial charge < -0.3 is 4.90 Å². The largest absolute Gasteiger partial charge is 0.302 e. The van der Waals surface area contributed by atoms with Crippen LogP contribution in [0.2, 0.25) is 0 Å². The van der Waals surface area contributed by atoms with Crippen molar-refractivity contribution in [3.63, 3.8) is 0 Å². The maximum atomic E-state index is 8.81. The van der Waals surface area contributed by atoms with Gasteiger partial charge in [0.15, 0.2) is 0 Å². The van der Waals surface area contributed by atoms with Crippen molar-refractivity contribution in [2.45, 2.75) is 45.2 Å². The predicted octanol–water partition coefficient (Wildman–Crippen LogP) is 1.36. The summed E-state index contributed by atoms with van der Waals surface area (Å²) < 4.78 is 0. The molecule has 80 valence electrons. The molecule has 0 radical (unpaired) electrons. The van der Waals surface area contributed by atoms with Gasteiger partial charge in [-0.25, -0.2) is 0 Å². The van der Waals surface area contributed by atoms with Gasteiger partial charge in [-0.3, -0.25) is 5.32 Å². The molecule has 1 aliphatic rings. The van der Waals surface area contributed by atoms with Crippen LogP contribution < -0.4 is 5.32 Å². The van der Waals surface area contributed by atoms with Gasteiger partial charge in [0.25, 0.3) is 0 Å². The Balaban J connectivity index is 2.20. The van der Waals surface area contributed by atoms with E-state index in [0.717, 1.165) is 13.0 Å². The van der Waals surface area contributed by atoms with Gasteiger partial charge in [-0.05, 0) is 39.3 Å². The number of rotatable bonds is 5. The quantitative estimate of drug-likeness (QED) is 0.720. The van der Waals surface area contributed by atoms with E-state index < -0.39 is 0 Å². The van der Waals surface area contributed by atoms with Gasteiger partial charge in [-0.1, -0.05) is 6.92 Å². The molecule has 0 aromatic carbocycles. The second-order valence-corrected chi connectivity index (χ2v) is 4.17. The van der Waals surface area contributed by atoms with Crippen molar-refractivity contribution in [2.24, 2.45) is 0 Å². The molecule has 1 N–H and O–H groups in total. The fourth-order valence-corrected chi connectivity index (χ4v) is 2.00. The minimum absolute atomic E-state index is 0.0209. The zero-order valence-electron chi connectivity index (χ0n) is 9.29. The van der Waals surface area contributed by atoms with E-state index in [0.29, 0.717) is 6.04 Å². The third-order valence-corrected chi connectivity index (χ3v) is 2.78. The van der Waals surface area contributed by atoms with Crippen LogP contribution in [0.25, 0.3) is 0 Å². The minimum atomic E-state index is 0.0209. The lowest BCUT2D eigenvalue weighted by Crippen LogP contribution is -2.42. The highest BCUT2D eigenvalue weighted by molar-refractivity contribution is 4.90. The molecule has 0 aromatic heterocycles. The Kier molecular flexibility index (Phi) is 4.92. The molecule has 2 unspecified atom stereocenters. The maximum absolute atomic E-state index is 8.81. The van der Waals surface area contributed by atoms with E-state index in [4.69, 9.17) is 5.26 Å². The van der Waals surface area contributed by atoms with Gasteiger partial charge in [0.1, 0.15) is 0 Å². The van der Waals surface area contributed by atoms with E-state index >= 15 is 0 Å². The summed E-state index contributed by atoms with van der Waals surface area (Å²) in [6.07, 6.45) is 3.56. The number of nitrogens with zero attached hydrogens (tertiary/aromatic N) is 2. The fourth-order valence-electron chi connectivity index (χ4n) is 2.00. The lowest BCUT2D eigenvalue weighted by molar-refractivity contribution is 0.292. The van der Waals surface area contributed by atoms with Crippen LogP contribution in [0, 0.1) is 11.3 Å². The van der Waals surface area contributed by atoms with Crippen LogP contribution in [0.3, 0.4) is 0 Å². The Labute approximate surface area is 87.1 Å². The first kappa shape index (κ1) is 11.5. The van der Waals surface area contributed by atoms with Crippen molar-refractivity contribution < 1.29 is 0 Å². The molecular weight excluding hydrogens is 174 g/mol. The van der Waals surface area contributed by atoms with Gasteiger partial charge >= 0.3 is 0 Å². The standard InChI is InChI=1S/C11H21N3/c1-3-11(8-12)13-10(2)9-14-6-4-5-7-14/h10-11,13H,3-7,9H2,1-2H3. The van der Waals surface area contributed by atoms with Crippen LogP contribution in [-0.4, -0.2) is 36.6 Å². The van der Waals surface area contributed by atoms with Crippen LogP contribution >= 0.6 is 0 Å². The number of hydrogen-bond donors (Lipinski definition) is 1. The zero-order chi connectivity index (χ0) is 10.4. The number of hydrogen-bond acceptors (Lipinski definition) is 3. The summed E-state index contributed by atoms with van der Waals surface area (Å²) in [7, 11) is 0. The van der Waals surface area contributed by atoms with E-state index in [9.17, 15) is 0 Å². The molecule has 1 aliphatic heterocycles. The van der Waals surface area contributed by atoms with Crippen LogP contribution in [0.4, 0.5) is 0 Å². The summed E-state index contributed by atoms with van der Waals surface area (Å²) in [5, 5.41) is 12.2. The molecule has 1 fully saturated rings. The lowest BCUT2D eigenvalue weighted by Gasteiger charge is -2.22. The molecule has 1 saturated heterocycles. The predicted molar refractivity (Wildman–Crippen MR) is 58.0 cm³/mol. The monoisotopic (exact) mass is 195 g/mol. The van der Waals surface area contributed by atoms with E-state index in [1.807, 2.05) is 6.92 Å². The van der Waals surface area contributed by atoms with Gasteiger partial charge in [0.05, 0.1) is 12.1 Å². The van der Waals surface area contributed by atoms with Crippen molar-refractivity contribution >= 4 is 0 Å². The first-order chi connectivity index (χ1) is 6.76. The minimum Gasteiger partial charge on any atom is -0.302 e. The topological polar surface area (TPSA) is 39.1 Å². The Bertz CT molecular complexity index is 191. The average molecular weight is 195 g/mol. The molecule has 0 aliphatic carbocycles. The maximum Gasteiger partial charge on any atom is 0.0952 e. The third kappa shape index (κ3) is 3.65. The first-order valence-corrected chi connectivity index (χ1v) is 5.64. The van der Waals surface area contributed by atoms with Gasteiger partial charge in [0, 0.05) is 12.6 Å². The van der Waals surface area contributed by atoms with E-state index in [1.165, 1.54) is 25.9 Å². The van der Waals surface area contributed by atoms with E-state index in [1.54, 1.807) is 0 Å². The van der Waals surface area contributed by atoms with Crippen LogP contribution in [-0.2, 0) is 0 Å². The molecule has 0 spiro atoms. The molecule has 3 heteroatoms. The molecule has 1 rings (SSSR count). The zero-order valence-corrected chi connectivity index (χ0v) is 9.29. The normalized spacial score (nSPS) is 21.8. The number of nitrogens with one attached hydrogen (secondary N) is 1. The number of likely N-dealkylation sites (tertiary alicyclic amines) is 1. The van der Waals surface area contributed by atoms with E-state index in [2.05, 4.69) is 23.2 Å². The summed E-state index contributed by atoms with van der Waals surface area (Å²) >= 11 is 0. The van der Waals surface area contributed by atoms with Crippen molar-refractivity contribution in [3.8, 4) is 6.07 Å². The Hall–Kier alpha value is -0.590. The molecule has 1 heterocycles. The molecule has 0 saturated carbocycles. The smallest absolute Gasteiger partial charge is 0.0952 e. The SMILES string of the molecule is CCC(C#N)NC(C)CN1CCCC1. The molecular formula is C11H21N3. The highest BCUT2D eigenvalue weighted by Gasteiger charge is 2.16. The highest BCUT2D eigenvalue weighted by Crippen LogP contribution is 2.07. The van der Waals surface area contributed by atoms with Gasteiger partial charge in [-0.2, -0.15) is 5.26 Å². The average Bonchev–Trinajstić information content (AvgIpc) is 2.66. The van der Waals surface area contributed by atoms with Crippen LogP contribution in [0.1, 0.15) is 33.1 Å². The Morgan fingerprint density at radius 3 is 2.57 bits per heavy atom. The van der Waals surface area contributed by atoms with Crippen molar-refractivity contribution in [1.82, 2.24) is 10.2 Å². The highest BCUT2D eigenvalue weighted by atomic mass is 15.2. The lowest BCUT2D eigenvalue weighted by atomic mass is 10.2. The summed E-state index contributed by atoms with van der Waals surface area (Å²) in [4.78, 5) is 2.47. The Morgan fingerprint density at radius 1 is 1.43 bits per heavy atom. The molecule has 2 atom stereocenters. The summed E-state index contributed by atoms with van der Waals surface area (Å²) in [6, 6.07) is 2.73. The summed E-state index contributed by atoms with van der Waals surface area (Å²) in [5.74, 6) is 0. The van der Waals surface area contributed by atoms with Crippen LogP contribution in [0.5, 0.6) is 0 Å². The summed E-state index contributed by atoms with van der Waals surface area (Å²) in [5.41, 5.74) is 0.